The molecular weight excluding hydrogens is 216 g/mol. The lowest BCUT2D eigenvalue weighted by Crippen LogP contribution is -1.96. The third-order valence-corrected chi connectivity index (χ3v) is 1.78. The first kappa shape index (κ1) is 14.9. The van der Waals surface area contributed by atoms with Crippen molar-refractivity contribution in [2.45, 2.75) is 52.4 Å². The highest BCUT2D eigenvalue weighted by atomic mass is 79.9. The highest BCUT2D eigenvalue weighted by Gasteiger charge is 1.88. The number of hydrogen-bond acceptors (Lipinski definition) is 1. The van der Waals surface area contributed by atoms with Gasteiger partial charge in [-0.1, -0.05) is 39.5 Å². The molecule has 2 heteroatoms. The Balaban J connectivity index is 0. The molecule has 0 aromatic heterocycles. The maximum Gasteiger partial charge on any atom is 0.0466 e. The van der Waals surface area contributed by atoms with Crippen molar-refractivity contribution >= 4 is 17.0 Å². The summed E-state index contributed by atoms with van der Waals surface area (Å²) in [7, 11) is 0. The van der Waals surface area contributed by atoms with Crippen molar-refractivity contribution in [3.63, 3.8) is 0 Å². The number of halogens is 1. The lowest BCUT2D eigenvalue weighted by molar-refractivity contribution is 0.126. The molecule has 0 aliphatic carbocycles. The first-order valence-corrected chi connectivity index (χ1v) is 4.99. The van der Waals surface area contributed by atoms with E-state index in [0.29, 0.717) is 0 Å². The summed E-state index contributed by atoms with van der Waals surface area (Å²) in [6.45, 7) is 6.38. The van der Waals surface area contributed by atoms with Crippen LogP contribution in [0.15, 0.2) is 0 Å². The van der Waals surface area contributed by atoms with Crippen LogP contribution in [0.2, 0.25) is 0 Å². The zero-order chi connectivity index (χ0) is 8.36. The van der Waals surface area contributed by atoms with E-state index in [4.69, 9.17) is 4.74 Å². The van der Waals surface area contributed by atoms with Gasteiger partial charge in [-0.25, -0.2) is 0 Å². The van der Waals surface area contributed by atoms with Crippen LogP contribution >= 0.6 is 17.0 Å². The van der Waals surface area contributed by atoms with Crippen molar-refractivity contribution in [3.05, 3.63) is 0 Å². The summed E-state index contributed by atoms with van der Waals surface area (Å²) < 4.78 is 5.44. The molecule has 0 aliphatic heterocycles. The molecule has 12 heavy (non-hydrogen) atoms. The van der Waals surface area contributed by atoms with Gasteiger partial charge in [0.25, 0.3) is 0 Å². The van der Waals surface area contributed by atoms with E-state index in [1.165, 1.54) is 38.5 Å². The van der Waals surface area contributed by atoms with Gasteiger partial charge < -0.3 is 4.74 Å². The molecule has 76 valence electrons. The molecular formula is C10H23BrO. The molecule has 0 bridgehead atoms. The highest BCUT2D eigenvalue weighted by Crippen LogP contribution is 1.97. The predicted molar refractivity (Wildman–Crippen MR) is 60.2 cm³/mol. The summed E-state index contributed by atoms with van der Waals surface area (Å²) in [4.78, 5) is 0. The molecule has 0 aromatic carbocycles. The molecule has 0 aromatic rings. The van der Waals surface area contributed by atoms with Crippen LogP contribution in [0.25, 0.3) is 0 Å². The molecule has 0 saturated heterocycles. The predicted octanol–water partition coefficient (Wildman–Crippen LogP) is 3.96. The molecule has 0 unspecified atom stereocenters. The van der Waals surface area contributed by atoms with E-state index < -0.39 is 0 Å². The Labute approximate surface area is 87.6 Å². The van der Waals surface area contributed by atoms with Gasteiger partial charge in [0.15, 0.2) is 0 Å². The fraction of sp³-hybridized carbons (Fsp3) is 1.00. The van der Waals surface area contributed by atoms with Crippen LogP contribution in [-0.2, 0) is 4.74 Å². The van der Waals surface area contributed by atoms with Crippen LogP contribution in [0.4, 0.5) is 0 Å². The number of rotatable bonds is 8. The van der Waals surface area contributed by atoms with E-state index in [-0.39, 0.29) is 17.0 Å². The van der Waals surface area contributed by atoms with Crippen LogP contribution in [0.5, 0.6) is 0 Å². The fourth-order valence-electron chi connectivity index (χ4n) is 1.01. The number of ether oxygens (including phenoxy) is 1. The first-order chi connectivity index (χ1) is 5.41. The molecule has 0 amide bonds. The second-order valence-electron chi connectivity index (χ2n) is 3.03. The SMILES string of the molecule is Br.CCCCCOCCCCC. The zero-order valence-electron chi connectivity index (χ0n) is 8.47. The second kappa shape index (κ2) is 14.0. The molecule has 0 fully saturated rings. The van der Waals surface area contributed by atoms with Crippen molar-refractivity contribution in [2.75, 3.05) is 13.2 Å². The van der Waals surface area contributed by atoms with E-state index in [0.717, 1.165) is 13.2 Å². The van der Waals surface area contributed by atoms with Crippen molar-refractivity contribution in [2.24, 2.45) is 0 Å². The van der Waals surface area contributed by atoms with Crippen molar-refractivity contribution in [3.8, 4) is 0 Å². The third kappa shape index (κ3) is 13.1. The van der Waals surface area contributed by atoms with Gasteiger partial charge in [-0.05, 0) is 12.8 Å². The Morgan fingerprint density at radius 2 is 1.17 bits per heavy atom. The summed E-state index contributed by atoms with van der Waals surface area (Å²) in [6.07, 6.45) is 7.68. The zero-order valence-corrected chi connectivity index (χ0v) is 10.2. The lowest BCUT2D eigenvalue weighted by Gasteiger charge is -2.01. The van der Waals surface area contributed by atoms with Crippen molar-refractivity contribution in [1.82, 2.24) is 0 Å². The van der Waals surface area contributed by atoms with Crippen molar-refractivity contribution < 1.29 is 4.74 Å². The van der Waals surface area contributed by atoms with Crippen LogP contribution in [-0.4, -0.2) is 13.2 Å². The number of hydrogen-bond donors (Lipinski definition) is 0. The van der Waals surface area contributed by atoms with E-state index in [2.05, 4.69) is 13.8 Å². The largest absolute Gasteiger partial charge is 0.381 e. The number of unbranched alkanes of at least 4 members (excludes halogenated alkanes) is 4. The molecule has 0 radical (unpaired) electrons. The summed E-state index contributed by atoms with van der Waals surface area (Å²) in [6, 6.07) is 0. The quantitative estimate of drug-likeness (QED) is 0.582. The summed E-state index contributed by atoms with van der Waals surface area (Å²) in [5.41, 5.74) is 0. The van der Waals surface area contributed by atoms with E-state index >= 15 is 0 Å². The van der Waals surface area contributed by atoms with Gasteiger partial charge in [-0.2, -0.15) is 0 Å². The van der Waals surface area contributed by atoms with Gasteiger partial charge in [0.05, 0.1) is 0 Å². The van der Waals surface area contributed by atoms with Gasteiger partial charge >= 0.3 is 0 Å². The Morgan fingerprint density at radius 1 is 0.750 bits per heavy atom. The monoisotopic (exact) mass is 238 g/mol. The Kier molecular flexibility index (Phi) is 17.4. The third-order valence-electron chi connectivity index (χ3n) is 1.78. The Hall–Kier alpha value is 0.440. The minimum absolute atomic E-state index is 0. The Bertz CT molecular complexity index is 58.9. The maximum atomic E-state index is 5.44. The van der Waals surface area contributed by atoms with Gasteiger partial charge in [-0.15, -0.1) is 17.0 Å². The molecule has 1 nitrogen and oxygen atoms in total. The van der Waals surface area contributed by atoms with Gasteiger partial charge in [0.1, 0.15) is 0 Å². The standard InChI is InChI=1S/C10H22O.BrH/c1-3-5-7-9-11-10-8-6-4-2;/h3-10H2,1-2H3;1H. The van der Waals surface area contributed by atoms with Crippen LogP contribution in [0.1, 0.15) is 52.4 Å². The summed E-state index contributed by atoms with van der Waals surface area (Å²) >= 11 is 0. The smallest absolute Gasteiger partial charge is 0.0466 e. The van der Waals surface area contributed by atoms with E-state index in [1.807, 2.05) is 0 Å². The lowest BCUT2D eigenvalue weighted by atomic mass is 10.2. The summed E-state index contributed by atoms with van der Waals surface area (Å²) in [5.74, 6) is 0. The maximum absolute atomic E-state index is 5.44. The molecule has 0 rings (SSSR count). The van der Waals surface area contributed by atoms with Gasteiger partial charge in [0, 0.05) is 13.2 Å². The van der Waals surface area contributed by atoms with E-state index in [1.54, 1.807) is 0 Å². The first-order valence-electron chi connectivity index (χ1n) is 4.99. The molecule has 0 heterocycles. The highest BCUT2D eigenvalue weighted by molar-refractivity contribution is 8.93. The van der Waals surface area contributed by atoms with Crippen molar-refractivity contribution in [1.29, 1.82) is 0 Å². The molecule has 0 N–H and O–H groups in total. The molecule has 0 aliphatic rings. The molecule has 0 atom stereocenters. The topological polar surface area (TPSA) is 9.23 Å². The normalized spacial score (nSPS) is 9.50. The average molecular weight is 239 g/mol. The second-order valence-corrected chi connectivity index (χ2v) is 3.03. The van der Waals surface area contributed by atoms with Crippen LogP contribution in [0, 0.1) is 0 Å². The molecule has 0 spiro atoms. The average Bonchev–Trinajstić information content (AvgIpc) is 2.03. The minimum atomic E-state index is 0. The van der Waals surface area contributed by atoms with Gasteiger partial charge in [0.2, 0.25) is 0 Å². The van der Waals surface area contributed by atoms with Gasteiger partial charge in [-0.3, -0.25) is 0 Å². The molecule has 0 saturated carbocycles. The van der Waals surface area contributed by atoms with Crippen LogP contribution < -0.4 is 0 Å². The van der Waals surface area contributed by atoms with E-state index in [9.17, 15) is 0 Å². The Morgan fingerprint density at radius 3 is 1.50 bits per heavy atom. The van der Waals surface area contributed by atoms with Crippen LogP contribution in [0.3, 0.4) is 0 Å². The fourth-order valence-corrected chi connectivity index (χ4v) is 1.01. The summed E-state index contributed by atoms with van der Waals surface area (Å²) in [5, 5.41) is 0. The minimum Gasteiger partial charge on any atom is -0.381 e.